The Morgan fingerprint density at radius 1 is 1.38 bits per heavy atom. The predicted molar refractivity (Wildman–Crippen MR) is 60.8 cm³/mol. The second kappa shape index (κ2) is 6.25. The van der Waals surface area contributed by atoms with E-state index in [-0.39, 0.29) is 12.5 Å². The molecule has 0 radical (unpaired) electrons. The van der Waals surface area contributed by atoms with Crippen LogP contribution >= 0.6 is 11.3 Å². The average Bonchev–Trinajstić information content (AvgIpc) is 2.69. The van der Waals surface area contributed by atoms with Crippen LogP contribution in [0.5, 0.6) is 0 Å². The molecule has 0 aliphatic heterocycles. The molecule has 1 aromatic rings. The molecule has 0 amide bonds. The quantitative estimate of drug-likeness (QED) is 0.814. The standard InChI is InChI=1S/C11H16F3NS/c1-15-10(4-6-11(12,13)14)3-2-9-5-7-16-8-9/h5,7-8,10,15H,2-4,6H2,1H3. The Morgan fingerprint density at radius 2 is 2.12 bits per heavy atom. The van der Waals surface area contributed by atoms with E-state index in [2.05, 4.69) is 5.32 Å². The molecular formula is C11H16F3NS. The minimum absolute atomic E-state index is 0.0541. The minimum atomic E-state index is -4.04. The Labute approximate surface area is 97.7 Å². The average molecular weight is 251 g/mol. The molecule has 1 aromatic heterocycles. The predicted octanol–water partition coefficient (Wildman–Crippen LogP) is 3.61. The molecule has 1 atom stereocenters. The first-order valence-corrected chi connectivity index (χ1v) is 6.20. The molecule has 0 saturated heterocycles. The van der Waals surface area contributed by atoms with Crippen molar-refractivity contribution in [2.45, 2.75) is 37.9 Å². The van der Waals surface area contributed by atoms with Gasteiger partial charge in [0.2, 0.25) is 0 Å². The third kappa shape index (κ3) is 5.51. The van der Waals surface area contributed by atoms with Crippen molar-refractivity contribution in [3.63, 3.8) is 0 Å². The minimum Gasteiger partial charge on any atom is -0.317 e. The van der Waals surface area contributed by atoms with E-state index in [0.29, 0.717) is 0 Å². The Bertz CT molecular complexity index is 282. The van der Waals surface area contributed by atoms with Crippen LogP contribution in [0.2, 0.25) is 0 Å². The molecule has 16 heavy (non-hydrogen) atoms. The van der Waals surface area contributed by atoms with Gasteiger partial charge in [-0.2, -0.15) is 24.5 Å². The number of halogens is 3. The second-order valence-corrected chi connectivity index (χ2v) is 4.59. The van der Waals surface area contributed by atoms with Crippen molar-refractivity contribution in [3.05, 3.63) is 22.4 Å². The summed E-state index contributed by atoms with van der Waals surface area (Å²) >= 11 is 1.62. The van der Waals surface area contributed by atoms with Gasteiger partial charge in [0.05, 0.1) is 0 Å². The van der Waals surface area contributed by atoms with Crippen LogP contribution < -0.4 is 5.32 Å². The van der Waals surface area contributed by atoms with Crippen LogP contribution in [0.25, 0.3) is 0 Å². The zero-order valence-corrected chi connectivity index (χ0v) is 10.00. The van der Waals surface area contributed by atoms with E-state index in [9.17, 15) is 13.2 Å². The van der Waals surface area contributed by atoms with Crippen molar-refractivity contribution in [3.8, 4) is 0 Å². The molecule has 0 saturated carbocycles. The smallest absolute Gasteiger partial charge is 0.317 e. The molecule has 1 rings (SSSR count). The van der Waals surface area contributed by atoms with Crippen molar-refractivity contribution in [2.24, 2.45) is 0 Å². The van der Waals surface area contributed by atoms with Gasteiger partial charge >= 0.3 is 6.18 Å². The van der Waals surface area contributed by atoms with E-state index in [1.165, 1.54) is 5.56 Å². The van der Waals surface area contributed by atoms with Gasteiger partial charge in [0.25, 0.3) is 0 Å². The summed E-state index contributed by atoms with van der Waals surface area (Å²) in [6.45, 7) is 0. The van der Waals surface area contributed by atoms with Gasteiger partial charge in [-0.1, -0.05) is 0 Å². The second-order valence-electron chi connectivity index (χ2n) is 3.81. The van der Waals surface area contributed by atoms with Crippen LogP contribution in [0.3, 0.4) is 0 Å². The fourth-order valence-electron chi connectivity index (χ4n) is 1.55. The lowest BCUT2D eigenvalue weighted by Gasteiger charge is -2.16. The summed E-state index contributed by atoms with van der Waals surface area (Å²) in [5, 5.41) is 6.96. The molecule has 0 bridgehead atoms. The molecule has 1 heterocycles. The number of alkyl halides is 3. The third-order valence-corrected chi connectivity index (χ3v) is 3.28. The highest BCUT2D eigenvalue weighted by Crippen LogP contribution is 2.23. The molecule has 1 N–H and O–H groups in total. The molecule has 1 unspecified atom stereocenters. The number of thiophene rings is 1. The zero-order valence-electron chi connectivity index (χ0n) is 9.18. The van der Waals surface area contributed by atoms with Gasteiger partial charge in [-0.15, -0.1) is 0 Å². The first-order chi connectivity index (χ1) is 7.51. The Balaban J connectivity index is 2.27. The first kappa shape index (κ1) is 13.5. The normalized spacial score (nSPS) is 14.0. The summed E-state index contributed by atoms with van der Waals surface area (Å²) in [7, 11) is 1.72. The first-order valence-electron chi connectivity index (χ1n) is 5.26. The highest BCUT2D eigenvalue weighted by atomic mass is 32.1. The summed E-state index contributed by atoms with van der Waals surface area (Å²) in [5.41, 5.74) is 1.21. The highest BCUT2D eigenvalue weighted by Gasteiger charge is 2.27. The molecule has 0 aliphatic rings. The van der Waals surface area contributed by atoms with Crippen molar-refractivity contribution >= 4 is 11.3 Å². The van der Waals surface area contributed by atoms with E-state index >= 15 is 0 Å². The van der Waals surface area contributed by atoms with Gasteiger partial charge in [0, 0.05) is 12.5 Å². The van der Waals surface area contributed by atoms with Gasteiger partial charge in [0.1, 0.15) is 0 Å². The van der Waals surface area contributed by atoms with Crippen molar-refractivity contribution in [1.82, 2.24) is 5.32 Å². The Morgan fingerprint density at radius 3 is 2.62 bits per heavy atom. The van der Waals surface area contributed by atoms with E-state index in [4.69, 9.17) is 0 Å². The van der Waals surface area contributed by atoms with E-state index in [1.54, 1.807) is 18.4 Å². The SMILES string of the molecule is CNC(CCc1ccsc1)CCC(F)(F)F. The highest BCUT2D eigenvalue weighted by molar-refractivity contribution is 7.07. The van der Waals surface area contributed by atoms with Gasteiger partial charge in [-0.05, 0) is 48.7 Å². The molecular weight excluding hydrogens is 235 g/mol. The molecule has 0 spiro atoms. The third-order valence-electron chi connectivity index (χ3n) is 2.55. The van der Waals surface area contributed by atoms with Crippen LogP contribution in [0, 0.1) is 0 Å². The molecule has 1 nitrogen and oxygen atoms in total. The molecule has 5 heteroatoms. The summed E-state index contributed by atoms with van der Waals surface area (Å²) in [6, 6.07) is 1.96. The van der Waals surface area contributed by atoms with Crippen molar-refractivity contribution < 1.29 is 13.2 Å². The van der Waals surface area contributed by atoms with Crippen LogP contribution in [-0.2, 0) is 6.42 Å². The lowest BCUT2D eigenvalue weighted by molar-refractivity contribution is -0.136. The topological polar surface area (TPSA) is 12.0 Å². The monoisotopic (exact) mass is 251 g/mol. The van der Waals surface area contributed by atoms with Crippen LogP contribution in [0.15, 0.2) is 16.8 Å². The van der Waals surface area contributed by atoms with Gasteiger partial charge in [0.15, 0.2) is 0 Å². The van der Waals surface area contributed by atoms with Crippen LogP contribution in [0.4, 0.5) is 13.2 Å². The van der Waals surface area contributed by atoms with Crippen molar-refractivity contribution in [1.29, 1.82) is 0 Å². The maximum absolute atomic E-state index is 12.0. The summed E-state index contributed by atoms with van der Waals surface area (Å²) < 4.78 is 36.1. The lowest BCUT2D eigenvalue weighted by atomic mass is 10.0. The van der Waals surface area contributed by atoms with Crippen LogP contribution in [-0.4, -0.2) is 19.3 Å². The maximum atomic E-state index is 12.0. The maximum Gasteiger partial charge on any atom is 0.389 e. The number of hydrogen-bond acceptors (Lipinski definition) is 2. The zero-order chi connectivity index (χ0) is 12.0. The van der Waals surface area contributed by atoms with Gasteiger partial charge in [-0.25, -0.2) is 0 Å². The summed E-state index contributed by atoms with van der Waals surface area (Å²) in [4.78, 5) is 0. The number of rotatable bonds is 6. The summed E-state index contributed by atoms with van der Waals surface area (Å²) in [5.74, 6) is 0. The number of hydrogen-bond donors (Lipinski definition) is 1. The molecule has 0 aliphatic carbocycles. The fraction of sp³-hybridized carbons (Fsp3) is 0.636. The van der Waals surface area contributed by atoms with E-state index < -0.39 is 12.6 Å². The summed E-state index contributed by atoms with van der Waals surface area (Å²) in [6.07, 6.45) is -3.00. The molecule has 0 aromatic carbocycles. The fourth-order valence-corrected chi connectivity index (χ4v) is 2.25. The number of nitrogens with one attached hydrogen (secondary N) is 1. The Hall–Kier alpha value is -0.550. The van der Waals surface area contributed by atoms with Crippen molar-refractivity contribution in [2.75, 3.05) is 7.05 Å². The van der Waals surface area contributed by atoms with E-state index in [1.807, 2.05) is 16.8 Å². The molecule has 92 valence electrons. The largest absolute Gasteiger partial charge is 0.389 e. The van der Waals surface area contributed by atoms with E-state index in [0.717, 1.165) is 12.8 Å². The van der Waals surface area contributed by atoms with Crippen LogP contribution in [0.1, 0.15) is 24.8 Å². The van der Waals surface area contributed by atoms with Gasteiger partial charge < -0.3 is 5.32 Å². The lowest BCUT2D eigenvalue weighted by Crippen LogP contribution is -2.27. The number of aryl methyl sites for hydroxylation is 1. The van der Waals surface area contributed by atoms with Gasteiger partial charge in [-0.3, -0.25) is 0 Å². The molecule has 0 fully saturated rings. The Kier molecular flexibility index (Phi) is 5.28.